The van der Waals surface area contributed by atoms with Crippen molar-refractivity contribution >= 4 is 11.8 Å². The summed E-state index contributed by atoms with van der Waals surface area (Å²) in [6.45, 7) is 5.46. The van der Waals surface area contributed by atoms with Crippen molar-refractivity contribution in [3.05, 3.63) is 34.2 Å². The van der Waals surface area contributed by atoms with E-state index in [1.54, 1.807) is 0 Å². The molecule has 1 fully saturated rings. The zero-order chi connectivity index (χ0) is 20.8. The van der Waals surface area contributed by atoms with E-state index in [4.69, 9.17) is 5.26 Å². The minimum atomic E-state index is -4.76. The number of esters is 1. The lowest BCUT2D eigenvalue weighted by Crippen LogP contribution is -2.56. The van der Waals surface area contributed by atoms with Crippen molar-refractivity contribution < 1.29 is 27.6 Å². The first-order valence-electron chi connectivity index (χ1n) is 7.92. The number of nitrogens with zero attached hydrogens (tertiary/aromatic N) is 4. The highest BCUT2D eigenvalue weighted by Crippen LogP contribution is 2.41. The molecule has 0 aromatic carbocycles. The lowest BCUT2D eigenvalue weighted by molar-refractivity contribution is -0.416. The fraction of sp³-hybridized carbons (Fsp3) is 0.562. The molecule has 0 radical (unpaired) electrons. The second kappa shape index (κ2) is 8.66. The Kier molecular flexibility index (Phi) is 7.10. The Hall–Kier alpha value is -2.90. The zero-order valence-corrected chi connectivity index (χ0v) is 14.9. The van der Waals surface area contributed by atoms with Gasteiger partial charge in [-0.25, -0.2) is 9.79 Å². The van der Waals surface area contributed by atoms with E-state index in [1.807, 2.05) is 0 Å². The molecule has 1 rings (SSSR count). The van der Waals surface area contributed by atoms with Crippen molar-refractivity contribution in [2.75, 3.05) is 13.2 Å². The molecule has 0 aliphatic carbocycles. The quantitative estimate of drug-likeness (QED) is 0.228. The summed E-state index contributed by atoms with van der Waals surface area (Å²) >= 11 is 0. The topological polar surface area (TPSA) is 109 Å². The Bertz CT molecular complexity index is 724. The van der Waals surface area contributed by atoms with Crippen LogP contribution in [0.5, 0.6) is 0 Å². The SMILES string of the molecule is C=C(C)N=C(/C(=C\C)[N+](=O)[O-])N1CCCC1(CC(F)(F)F)C(=O)OCC#N. The van der Waals surface area contributed by atoms with Crippen molar-refractivity contribution in [2.24, 2.45) is 4.99 Å². The monoisotopic (exact) mass is 388 g/mol. The van der Waals surface area contributed by atoms with Crippen LogP contribution < -0.4 is 0 Å². The van der Waals surface area contributed by atoms with E-state index in [0.717, 1.165) is 11.0 Å². The molecule has 1 aliphatic heterocycles. The van der Waals surface area contributed by atoms with Gasteiger partial charge in [-0.15, -0.1) is 0 Å². The molecule has 148 valence electrons. The molecule has 0 aromatic heterocycles. The molecule has 0 spiro atoms. The molecular formula is C16H19F3N4O4. The van der Waals surface area contributed by atoms with Gasteiger partial charge in [0.1, 0.15) is 11.6 Å². The molecule has 1 unspecified atom stereocenters. The number of hydrogen-bond acceptors (Lipinski definition) is 6. The lowest BCUT2D eigenvalue weighted by Gasteiger charge is -2.37. The van der Waals surface area contributed by atoms with E-state index in [0.29, 0.717) is 0 Å². The molecule has 8 nitrogen and oxygen atoms in total. The molecule has 1 atom stereocenters. The predicted molar refractivity (Wildman–Crippen MR) is 88.9 cm³/mol. The second-order valence-corrected chi connectivity index (χ2v) is 5.91. The minimum Gasteiger partial charge on any atom is -0.449 e. The third kappa shape index (κ3) is 5.29. The average molecular weight is 388 g/mol. The van der Waals surface area contributed by atoms with Gasteiger partial charge in [0.15, 0.2) is 6.61 Å². The summed E-state index contributed by atoms with van der Waals surface area (Å²) in [6.07, 6.45) is -5.36. The van der Waals surface area contributed by atoms with Crippen molar-refractivity contribution in [1.82, 2.24) is 4.90 Å². The number of nitro groups is 1. The third-order valence-electron chi connectivity index (χ3n) is 3.88. The van der Waals surface area contributed by atoms with E-state index < -0.39 is 47.2 Å². The molecule has 0 saturated carbocycles. The maximum atomic E-state index is 13.3. The molecule has 1 saturated heterocycles. The highest BCUT2D eigenvalue weighted by molar-refractivity contribution is 6.00. The summed E-state index contributed by atoms with van der Waals surface area (Å²) in [5, 5.41) is 19.9. The van der Waals surface area contributed by atoms with E-state index >= 15 is 0 Å². The molecule has 1 heterocycles. The summed E-state index contributed by atoms with van der Waals surface area (Å²) in [5.41, 5.74) is -2.68. The number of amidine groups is 1. The Morgan fingerprint density at radius 3 is 2.63 bits per heavy atom. The van der Waals surface area contributed by atoms with Gasteiger partial charge in [0.25, 0.3) is 0 Å². The van der Waals surface area contributed by atoms with E-state index in [1.165, 1.54) is 19.9 Å². The number of likely N-dealkylation sites (tertiary alicyclic amines) is 1. The number of carbonyl (C=O) groups excluding carboxylic acids is 1. The van der Waals surface area contributed by atoms with Crippen LogP contribution in [0.2, 0.25) is 0 Å². The van der Waals surface area contributed by atoms with Crippen molar-refractivity contribution in [2.45, 2.75) is 44.8 Å². The Balaban J connectivity index is 3.57. The summed E-state index contributed by atoms with van der Waals surface area (Å²) in [6, 6.07) is 1.52. The van der Waals surface area contributed by atoms with Gasteiger partial charge in [-0.05, 0) is 32.8 Å². The van der Waals surface area contributed by atoms with E-state index in [9.17, 15) is 28.1 Å². The number of hydrogen-bond donors (Lipinski definition) is 0. The smallest absolute Gasteiger partial charge is 0.391 e. The Morgan fingerprint density at radius 2 is 2.19 bits per heavy atom. The van der Waals surface area contributed by atoms with Crippen LogP contribution in [-0.2, 0) is 9.53 Å². The standard InChI is InChI=1S/C16H19F3N4O4/c1-4-12(23(25)26)13(21-11(2)3)22-8-5-6-15(22,10-16(17,18)19)14(24)27-9-7-20/h4H,2,5-6,8-10H2,1,3H3/b12-4+,21-13?. The first-order valence-corrected chi connectivity index (χ1v) is 7.92. The van der Waals surface area contributed by atoms with Gasteiger partial charge in [0.05, 0.1) is 11.3 Å². The van der Waals surface area contributed by atoms with Gasteiger partial charge in [0.2, 0.25) is 5.84 Å². The number of rotatable bonds is 6. The molecular weight excluding hydrogens is 369 g/mol. The Labute approximate surface area is 153 Å². The molecule has 0 N–H and O–H groups in total. The number of aliphatic imine (C=N–C) groups is 1. The van der Waals surface area contributed by atoms with Crippen LogP contribution in [0.15, 0.2) is 29.0 Å². The van der Waals surface area contributed by atoms with Gasteiger partial charge < -0.3 is 9.64 Å². The van der Waals surface area contributed by atoms with Gasteiger partial charge in [-0.3, -0.25) is 10.1 Å². The molecule has 0 aromatic rings. The van der Waals surface area contributed by atoms with Crippen LogP contribution in [0.25, 0.3) is 0 Å². The number of nitriles is 1. The molecule has 11 heteroatoms. The predicted octanol–water partition coefficient (Wildman–Crippen LogP) is 2.95. The molecule has 27 heavy (non-hydrogen) atoms. The molecule has 0 amide bonds. The third-order valence-corrected chi connectivity index (χ3v) is 3.88. The van der Waals surface area contributed by atoms with Crippen LogP contribution >= 0.6 is 0 Å². The number of carbonyl (C=O) groups is 1. The van der Waals surface area contributed by atoms with Crippen LogP contribution in [0.1, 0.15) is 33.1 Å². The highest BCUT2D eigenvalue weighted by Gasteiger charge is 2.57. The number of halogens is 3. The summed E-state index contributed by atoms with van der Waals surface area (Å²) < 4.78 is 44.5. The average Bonchev–Trinajstić information content (AvgIpc) is 2.94. The summed E-state index contributed by atoms with van der Waals surface area (Å²) in [7, 11) is 0. The normalized spacial score (nSPS) is 21.0. The lowest BCUT2D eigenvalue weighted by atomic mass is 9.91. The first kappa shape index (κ1) is 22.1. The number of ether oxygens (including phenoxy) is 1. The number of allylic oxidation sites excluding steroid dienone is 2. The van der Waals surface area contributed by atoms with Crippen LogP contribution in [0, 0.1) is 21.4 Å². The second-order valence-electron chi connectivity index (χ2n) is 5.91. The molecule has 0 bridgehead atoms. The summed E-state index contributed by atoms with van der Waals surface area (Å²) in [4.78, 5) is 28.0. The van der Waals surface area contributed by atoms with E-state index in [2.05, 4.69) is 16.3 Å². The maximum absolute atomic E-state index is 13.3. The van der Waals surface area contributed by atoms with Gasteiger partial charge >= 0.3 is 17.8 Å². The fourth-order valence-electron chi connectivity index (χ4n) is 2.97. The zero-order valence-electron chi connectivity index (χ0n) is 14.9. The number of alkyl halides is 3. The van der Waals surface area contributed by atoms with Gasteiger partial charge in [-0.2, -0.15) is 18.4 Å². The highest BCUT2D eigenvalue weighted by atomic mass is 19.4. The Morgan fingerprint density at radius 1 is 1.56 bits per heavy atom. The van der Waals surface area contributed by atoms with Crippen LogP contribution in [0.3, 0.4) is 0 Å². The largest absolute Gasteiger partial charge is 0.449 e. The maximum Gasteiger partial charge on any atom is 0.391 e. The van der Waals surface area contributed by atoms with Crippen molar-refractivity contribution in [3.8, 4) is 6.07 Å². The van der Waals surface area contributed by atoms with Crippen LogP contribution in [-0.4, -0.2) is 46.5 Å². The first-order chi connectivity index (χ1) is 12.5. The fourth-order valence-corrected chi connectivity index (χ4v) is 2.97. The van der Waals surface area contributed by atoms with Crippen LogP contribution in [0.4, 0.5) is 13.2 Å². The molecule has 1 aliphatic rings. The van der Waals surface area contributed by atoms with Crippen molar-refractivity contribution in [1.29, 1.82) is 5.26 Å². The summed E-state index contributed by atoms with van der Waals surface area (Å²) in [5.74, 6) is -1.67. The minimum absolute atomic E-state index is 0.0744. The van der Waals surface area contributed by atoms with E-state index in [-0.39, 0.29) is 25.1 Å². The van der Waals surface area contributed by atoms with Gasteiger partial charge in [0, 0.05) is 12.2 Å². The van der Waals surface area contributed by atoms with Crippen molar-refractivity contribution in [3.63, 3.8) is 0 Å². The van der Waals surface area contributed by atoms with Gasteiger partial charge in [-0.1, -0.05) is 6.58 Å².